The van der Waals surface area contributed by atoms with Gasteiger partial charge in [-0.05, 0) is 101 Å². The Balaban J connectivity index is 2.40. The van der Waals surface area contributed by atoms with Gasteiger partial charge in [-0.3, -0.25) is 14.4 Å². The van der Waals surface area contributed by atoms with Crippen molar-refractivity contribution in [2.75, 3.05) is 20.3 Å². The lowest BCUT2D eigenvalue weighted by Crippen LogP contribution is -2.60. The van der Waals surface area contributed by atoms with E-state index in [1.807, 2.05) is 24.3 Å². The quantitative estimate of drug-likeness (QED) is 0.310. The number of methoxy groups -OCH3 is 1. The number of ether oxygens (including phenoxy) is 1. The standard InChI is InChI=1S/C31H57N4O4P3/c1-23(26(24-17-19-25(37-16)20-18-24)42(36)38-21-31(14,15)22-39-42)41(33-28(5,6)7)34(29(8,9)10)40(32-27(2,3)4)35(41)30(11,12)13/h17-20,26,32H,1,21-22H2,2-16H3/t26-,40?,41?/m0/s1. The van der Waals surface area contributed by atoms with Gasteiger partial charge in [0.05, 0.1) is 25.9 Å². The van der Waals surface area contributed by atoms with Crippen molar-refractivity contribution < 1.29 is 18.3 Å². The van der Waals surface area contributed by atoms with E-state index in [4.69, 9.17) is 25.1 Å². The molecule has 3 rings (SSSR count). The molecule has 0 amide bonds. The lowest BCUT2D eigenvalue weighted by atomic mass is 9.97. The maximum Gasteiger partial charge on any atom is 0.342 e. The second kappa shape index (κ2) is 11.7. The van der Waals surface area contributed by atoms with E-state index >= 15 is 0 Å². The molecule has 8 nitrogen and oxygen atoms in total. The highest BCUT2D eigenvalue weighted by Crippen LogP contribution is 2.92. The molecule has 0 aliphatic carbocycles. The van der Waals surface area contributed by atoms with E-state index in [1.54, 1.807) is 7.11 Å². The molecule has 2 saturated heterocycles. The monoisotopic (exact) mass is 642 g/mol. The zero-order chi connectivity index (χ0) is 32.3. The van der Waals surface area contributed by atoms with Crippen LogP contribution in [-0.4, -0.2) is 51.4 Å². The predicted octanol–water partition coefficient (Wildman–Crippen LogP) is 10.2. The number of nitrogens with one attached hydrogen (secondary N) is 1. The summed E-state index contributed by atoms with van der Waals surface area (Å²) >= 11 is 0. The number of nitrogens with zero attached hydrogens (tertiary/aromatic N) is 3. The van der Waals surface area contributed by atoms with Crippen LogP contribution in [0.15, 0.2) is 40.9 Å². The van der Waals surface area contributed by atoms with E-state index in [9.17, 15) is 4.57 Å². The predicted molar refractivity (Wildman–Crippen MR) is 180 cm³/mol. The Morgan fingerprint density at radius 1 is 0.952 bits per heavy atom. The van der Waals surface area contributed by atoms with Gasteiger partial charge in [0.1, 0.15) is 27.1 Å². The molecule has 0 bridgehead atoms. The van der Waals surface area contributed by atoms with Gasteiger partial charge in [0.25, 0.3) is 0 Å². The molecular weight excluding hydrogens is 585 g/mol. The minimum Gasteiger partial charge on any atom is -0.497 e. The Bertz CT molecular complexity index is 1210. The van der Waals surface area contributed by atoms with Crippen molar-refractivity contribution in [2.24, 2.45) is 10.2 Å². The van der Waals surface area contributed by atoms with Gasteiger partial charge in [0.2, 0.25) is 0 Å². The molecule has 42 heavy (non-hydrogen) atoms. The van der Waals surface area contributed by atoms with Gasteiger partial charge in [0, 0.05) is 27.3 Å². The van der Waals surface area contributed by atoms with E-state index < -0.39 is 34.5 Å². The third kappa shape index (κ3) is 7.45. The molecule has 1 N–H and O–H groups in total. The average molecular weight is 643 g/mol. The fourth-order valence-corrected chi connectivity index (χ4v) is 18.0. The number of allylic oxidation sites excluding steroid dienone is 1. The van der Waals surface area contributed by atoms with Crippen molar-refractivity contribution in [2.45, 2.75) is 125 Å². The highest BCUT2D eigenvalue weighted by atomic mass is 31.3. The molecule has 0 saturated carbocycles. The van der Waals surface area contributed by atoms with E-state index in [2.05, 4.69) is 111 Å². The molecule has 2 aliphatic heterocycles. The zero-order valence-electron chi connectivity index (χ0n) is 28.8. The summed E-state index contributed by atoms with van der Waals surface area (Å²) in [4.78, 5) is 0. The summed E-state index contributed by atoms with van der Waals surface area (Å²) in [5, 5.41) is 4.75. The largest absolute Gasteiger partial charge is 0.497 e. The van der Waals surface area contributed by atoms with Crippen molar-refractivity contribution in [1.29, 1.82) is 0 Å². The molecule has 11 heteroatoms. The molecule has 1 aromatic carbocycles. The third-order valence-electron chi connectivity index (χ3n) is 6.68. The summed E-state index contributed by atoms with van der Waals surface area (Å²) in [6, 6.07) is 7.74. The first-order valence-corrected chi connectivity index (χ1v) is 19.3. The van der Waals surface area contributed by atoms with Crippen molar-refractivity contribution in [3.05, 3.63) is 41.7 Å². The molecule has 0 spiro atoms. The second-order valence-corrected chi connectivity index (χ2v) is 23.4. The molecule has 0 unspecified atom stereocenters. The van der Waals surface area contributed by atoms with Gasteiger partial charge in [-0.15, -0.1) is 0 Å². The highest BCUT2D eigenvalue weighted by molar-refractivity contribution is 7.89. The Hall–Kier alpha value is -0.550. The Morgan fingerprint density at radius 2 is 1.40 bits per heavy atom. The van der Waals surface area contributed by atoms with Crippen LogP contribution in [0.5, 0.6) is 5.75 Å². The number of hydrogen-bond donors (Lipinski definition) is 1. The van der Waals surface area contributed by atoms with Gasteiger partial charge in [-0.2, -0.15) is 0 Å². The third-order valence-corrected chi connectivity index (χ3v) is 18.6. The van der Waals surface area contributed by atoms with Crippen LogP contribution in [0.1, 0.15) is 108 Å². The van der Waals surface area contributed by atoms with Gasteiger partial charge in [0.15, 0.2) is 0 Å². The Labute approximate surface area is 257 Å². The molecule has 240 valence electrons. The molecule has 1 aromatic rings. The zero-order valence-corrected chi connectivity index (χ0v) is 31.5. The first-order chi connectivity index (χ1) is 18.8. The molecule has 1 atom stereocenters. The number of benzene rings is 1. The first kappa shape index (κ1) is 35.9. The second-order valence-electron chi connectivity index (χ2n) is 16.3. The average Bonchev–Trinajstić information content (AvgIpc) is 2.77. The molecular formula is C31H57N4O4P3. The van der Waals surface area contributed by atoms with E-state index in [0.717, 1.165) is 16.6 Å². The maximum atomic E-state index is 15.0. The SMILES string of the molecule is C=C([C@@H](c1ccc(OC)cc1)P1(=O)OCC(C)(C)CO1)P1(=NC(C)(C)C)N(C(C)(C)C)P(NC(C)(C)C)N1C(C)(C)C. The van der Waals surface area contributed by atoms with Crippen molar-refractivity contribution in [3.63, 3.8) is 0 Å². The van der Waals surface area contributed by atoms with Crippen molar-refractivity contribution in [3.8, 4) is 5.75 Å². The fourth-order valence-electron chi connectivity index (χ4n) is 5.24. The van der Waals surface area contributed by atoms with Crippen molar-refractivity contribution >= 4 is 23.3 Å². The van der Waals surface area contributed by atoms with Crippen LogP contribution >= 0.6 is 23.3 Å². The minimum absolute atomic E-state index is 0.138. The molecule has 2 heterocycles. The van der Waals surface area contributed by atoms with Gasteiger partial charge in [-0.1, -0.05) is 32.6 Å². The summed E-state index contributed by atoms with van der Waals surface area (Å²) < 4.78 is 43.9. The molecule has 2 fully saturated rings. The van der Waals surface area contributed by atoms with Crippen LogP contribution in [0.3, 0.4) is 0 Å². The Kier molecular flexibility index (Phi) is 9.98. The lowest BCUT2D eigenvalue weighted by molar-refractivity contribution is 0.0391. The summed E-state index contributed by atoms with van der Waals surface area (Å²) in [7, 11) is -5.82. The van der Waals surface area contributed by atoms with E-state index in [0.29, 0.717) is 13.2 Å². The topological polar surface area (TPSA) is 75.6 Å². The van der Waals surface area contributed by atoms with Crippen LogP contribution in [0.2, 0.25) is 0 Å². The smallest absolute Gasteiger partial charge is 0.342 e. The van der Waals surface area contributed by atoms with Crippen LogP contribution in [-0.2, 0) is 13.6 Å². The molecule has 0 aromatic heterocycles. The van der Waals surface area contributed by atoms with Crippen LogP contribution < -0.4 is 9.82 Å². The molecule has 0 radical (unpaired) electrons. The van der Waals surface area contributed by atoms with Gasteiger partial charge in [-0.25, -0.2) is 8.88 Å². The molecule has 2 aliphatic rings. The number of hydrogen-bond acceptors (Lipinski definition) is 6. The van der Waals surface area contributed by atoms with Gasteiger partial charge < -0.3 is 13.8 Å². The summed E-state index contributed by atoms with van der Waals surface area (Å²) in [6.45, 7) is 36.2. The Morgan fingerprint density at radius 3 is 1.76 bits per heavy atom. The summed E-state index contributed by atoms with van der Waals surface area (Å²) in [5.41, 5.74) is -1.20. The van der Waals surface area contributed by atoms with E-state index in [1.165, 1.54) is 0 Å². The van der Waals surface area contributed by atoms with Crippen LogP contribution in [0, 0.1) is 5.41 Å². The fraction of sp³-hybridized carbons (Fsp3) is 0.742. The first-order valence-electron chi connectivity index (χ1n) is 14.8. The summed E-state index contributed by atoms with van der Waals surface area (Å²) in [6.07, 6.45) is 0. The number of rotatable bonds is 6. The van der Waals surface area contributed by atoms with Crippen LogP contribution in [0.25, 0.3) is 0 Å². The summed E-state index contributed by atoms with van der Waals surface area (Å²) in [5.74, 6) is 0.728. The maximum absolute atomic E-state index is 15.0. The minimum atomic E-state index is -3.70. The van der Waals surface area contributed by atoms with Crippen LogP contribution in [0.4, 0.5) is 0 Å². The normalized spacial score (nSPS) is 26.3. The van der Waals surface area contributed by atoms with Gasteiger partial charge >= 0.3 is 7.60 Å². The van der Waals surface area contributed by atoms with Crippen molar-refractivity contribution in [1.82, 2.24) is 14.0 Å². The van der Waals surface area contributed by atoms with E-state index in [-0.39, 0.29) is 22.0 Å². The lowest BCUT2D eigenvalue weighted by Gasteiger charge is -2.69. The highest BCUT2D eigenvalue weighted by Gasteiger charge is 2.66.